The van der Waals surface area contributed by atoms with Crippen LogP contribution in [0.2, 0.25) is 25.5 Å². The first kappa shape index (κ1) is 56.5. The molecule has 4 saturated heterocycles. The van der Waals surface area contributed by atoms with Crippen LogP contribution >= 0.6 is 58.0 Å². The molecule has 4 aliphatic heterocycles. The molecule has 10 rings (SSSR count). The van der Waals surface area contributed by atoms with Crippen molar-refractivity contribution in [3.63, 3.8) is 0 Å². The Kier molecular flexibility index (Phi) is 18.3. The van der Waals surface area contributed by atoms with E-state index in [9.17, 15) is 26.4 Å². The van der Waals surface area contributed by atoms with Crippen LogP contribution in [0.4, 0.5) is 17.2 Å². The smallest absolute Gasteiger partial charge is 0.256 e. The standard InChI is InChI=1S/C25H30Cl2N6O3S.C19H18Cl3N5O3S.C6H13N/c1-16-6-5-10-31(15-16)24-14-22(27)28-23-13-20(29-33(23)24)21-7-3-4-11-32(21)25(34)18-12-17(26)8-9-19(18)30-37(2,35)36;1-31(29,30)25-13-6-5-11(20)8-12(13)19(28)26-7-3-2-4-15(26)14-9-18-23-16(21)10-17(22)27(18)24-14;1-6-3-2-4-7-5-6/h8-9,12-14,16,21,30H,3-7,10-11,15H2,1-2H3;5-6,8-10,15,25H,2-4,7H2,1H3;6-7H,2-5H2,1H3/t16-,21-;15-;6-/m000/s1. The summed E-state index contributed by atoms with van der Waals surface area (Å²) in [7, 11) is -7.17. The van der Waals surface area contributed by atoms with Gasteiger partial charge in [-0.25, -0.2) is 31.3 Å². The molecule has 0 spiro atoms. The molecule has 2 aromatic carbocycles. The quantitative estimate of drug-likeness (QED) is 0.116. The molecular weight excluding hydrogens is 1110 g/mol. The van der Waals surface area contributed by atoms with E-state index < -0.39 is 20.0 Å². The number of hydrogen-bond donors (Lipinski definition) is 3. The summed E-state index contributed by atoms with van der Waals surface area (Å²) < 4.78 is 55.5. The highest BCUT2D eigenvalue weighted by Gasteiger charge is 2.35. The van der Waals surface area contributed by atoms with Crippen LogP contribution in [0.1, 0.15) is 122 Å². The van der Waals surface area contributed by atoms with Crippen molar-refractivity contribution in [1.29, 1.82) is 0 Å². The molecule has 4 aromatic heterocycles. The Morgan fingerprint density at radius 1 is 0.600 bits per heavy atom. The fourth-order valence-electron chi connectivity index (χ4n) is 10.1. The van der Waals surface area contributed by atoms with Crippen molar-refractivity contribution in [2.24, 2.45) is 11.8 Å². The first-order valence-corrected chi connectivity index (χ1v) is 30.7. The zero-order chi connectivity index (χ0) is 53.8. The molecule has 18 nitrogen and oxygen atoms in total. The second kappa shape index (κ2) is 24.3. The molecule has 0 radical (unpaired) electrons. The Bertz CT molecular complexity index is 3280. The van der Waals surface area contributed by atoms with E-state index in [-0.39, 0.29) is 51.6 Å². The maximum atomic E-state index is 13.8. The summed E-state index contributed by atoms with van der Waals surface area (Å²) in [6, 6.07) is 15.4. The summed E-state index contributed by atoms with van der Waals surface area (Å²) in [4.78, 5) is 41.8. The van der Waals surface area contributed by atoms with Gasteiger partial charge in [0, 0.05) is 60.5 Å². The van der Waals surface area contributed by atoms with Crippen molar-refractivity contribution in [1.82, 2.24) is 44.3 Å². The van der Waals surface area contributed by atoms with Crippen LogP contribution in [0.3, 0.4) is 0 Å². The summed E-state index contributed by atoms with van der Waals surface area (Å²) >= 11 is 30.9. The number of carbonyl (C=O) groups excluding carboxylic acids is 2. The van der Waals surface area contributed by atoms with Gasteiger partial charge in [0.05, 0.1) is 58.5 Å². The summed E-state index contributed by atoms with van der Waals surface area (Å²) in [6.45, 7) is 9.87. The maximum Gasteiger partial charge on any atom is 0.256 e. The molecule has 4 aliphatic rings. The molecule has 6 aromatic rings. The average Bonchev–Trinajstić information content (AvgIpc) is 4.00. The highest BCUT2D eigenvalue weighted by molar-refractivity contribution is 7.92. The van der Waals surface area contributed by atoms with Gasteiger partial charge in [0.2, 0.25) is 20.0 Å². The Hall–Kier alpha value is -4.67. The van der Waals surface area contributed by atoms with Crippen LogP contribution in [0, 0.1) is 11.8 Å². The van der Waals surface area contributed by atoms with Crippen molar-refractivity contribution in [3.05, 3.63) is 109 Å². The first-order chi connectivity index (χ1) is 35.6. The lowest BCUT2D eigenvalue weighted by Gasteiger charge is -2.35. The van der Waals surface area contributed by atoms with Gasteiger partial charge < -0.3 is 20.0 Å². The number of rotatable bonds is 9. The molecule has 4 fully saturated rings. The first-order valence-electron chi connectivity index (χ1n) is 25.0. The van der Waals surface area contributed by atoms with E-state index in [1.54, 1.807) is 21.9 Å². The summed E-state index contributed by atoms with van der Waals surface area (Å²) in [5, 5.41) is 14.4. The average molecular weight is 1170 g/mol. The third kappa shape index (κ3) is 14.5. The Labute approximate surface area is 462 Å². The molecule has 0 unspecified atom stereocenters. The molecule has 4 atom stereocenters. The van der Waals surface area contributed by atoms with Crippen LogP contribution in [0.5, 0.6) is 0 Å². The molecule has 3 N–H and O–H groups in total. The van der Waals surface area contributed by atoms with E-state index in [1.807, 2.05) is 16.6 Å². The maximum absolute atomic E-state index is 13.8. The van der Waals surface area contributed by atoms with E-state index in [1.165, 1.54) is 73.3 Å². The minimum absolute atomic E-state index is 0.174. The van der Waals surface area contributed by atoms with Crippen molar-refractivity contribution in [3.8, 4) is 0 Å². The monoisotopic (exact) mass is 1160 g/mol. The van der Waals surface area contributed by atoms with Crippen molar-refractivity contribution >= 4 is 118 Å². The zero-order valence-electron chi connectivity index (χ0n) is 42.1. The predicted molar refractivity (Wildman–Crippen MR) is 298 cm³/mol. The van der Waals surface area contributed by atoms with Gasteiger partial charge in [0.1, 0.15) is 21.3 Å². The van der Waals surface area contributed by atoms with E-state index in [0.717, 1.165) is 81.6 Å². The molecule has 2 amide bonds. The van der Waals surface area contributed by atoms with Crippen molar-refractivity contribution < 1.29 is 26.4 Å². The lowest BCUT2D eigenvalue weighted by Crippen LogP contribution is -2.39. The highest BCUT2D eigenvalue weighted by Crippen LogP contribution is 2.37. The van der Waals surface area contributed by atoms with E-state index >= 15 is 0 Å². The number of aromatic nitrogens is 6. The number of nitrogens with zero attached hydrogens (tertiary/aromatic N) is 9. The number of fused-ring (bicyclic) bond motifs is 2. The summed E-state index contributed by atoms with van der Waals surface area (Å²) in [6.07, 6.45) is 12.1. The number of amides is 2. The minimum atomic E-state index is -3.59. The third-order valence-corrected chi connectivity index (χ3v) is 15.8. The topological polar surface area (TPSA) is 209 Å². The molecule has 8 heterocycles. The summed E-state index contributed by atoms with van der Waals surface area (Å²) in [5.41, 5.74) is 3.23. The SMILES string of the molecule is CS(=O)(=O)Nc1ccc(Cl)cc1C(=O)N1CCCC[C@H]1c1cc2nc(Cl)cc(Cl)n2n1.C[C@H]1CCCN(c2cc(Cl)nc3cc([C@@H]4CCCCN4C(=O)c4cc(Cl)ccc4NS(C)(=O)=O)nn23)C1.C[C@H]1CCCNC1. The number of sulfonamides is 2. The number of benzene rings is 2. The van der Waals surface area contributed by atoms with Gasteiger partial charge in [-0.3, -0.25) is 19.0 Å². The second-order valence-electron chi connectivity index (χ2n) is 19.8. The molecule has 0 aliphatic carbocycles. The normalized spacial score (nSPS) is 20.5. The van der Waals surface area contributed by atoms with Gasteiger partial charge in [-0.2, -0.15) is 14.7 Å². The number of piperidine rings is 4. The highest BCUT2D eigenvalue weighted by atomic mass is 35.5. The van der Waals surface area contributed by atoms with Gasteiger partial charge in [-0.1, -0.05) is 71.9 Å². The molecule has 75 heavy (non-hydrogen) atoms. The van der Waals surface area contributed by atoms with Crippen LogP contribution < -0.4 is 19.7 Å². The zero-order valence-corrected chi connectivity index (χ0v) is 47.5. The molecule has 25 heteroatoms. The van der Waals surface area contributed by atoms with E-state index in [4.69, 9.17) is 63.1 Å². The van der Waals surface area contributed by atoms with E-state index in [0.29, 0.717) is 62.8 Å². The van der Waals surface area contributed by atoms with Crippen LogP contribution in [-0.4, -0.2) is 119 Å². The van der Waals surface area contributed by atoms with Gasteiger partial charge in [0.25, 0.3) is 11.8 Å². The molecule has 0 saturated carbocycles. The number of carbonyl (C=O) groups is 2. The van der Waals surface area contributed by atoms with Gasteiger partial charge in [0.15, 0.2) is 11.3 Å². The number of anilines is 3. The van der Waals surface area contributed by atoms with Crippen molar-refractivity contribution in [2.75, 3.05) is 66.1 Å². The number of halogens is 5. The Morgan fingerprint density at radius 2 is 1.11 bits per heavy atom. The molecular formula is C50H61Cl5N12O6S2. The van der Waals surface area contributed by atoms with Crippen molar-refractivity contribution in [2.45, 2.75) is 90.1 Å². The van der Waals surface area contributed by atoms with Gasteiger partial charge in [-0.15, -0.1) is 0 Å². The predicted octanol–water partition coefficient (Wildman–Crippen LogP) is 10.4. The van der Waals surface area contributed by atoms with Crippen LogP contribution in [-0.2, 0) is 20.0 Å². The third-order valence-electron chi connectivity index (χ3n) is 13.5. The largest absolute Gasteiger partial charge is 0.356 e. The number of nitrogens with one attached hydrogen (secondary N) is 3. The minimum Gasteiger partial charge on any atom is -0.356 e. The fourth-order valence-corrected chi connectivity index (χ4v) is 12.2. The lowest BCUT2D eigenvalue weighted by molar-refractivity contribution is 0.0600. The molecule has 404 valence electrons. The van der Waals surface area contributed by atoms with E-state index in [2.05, 4.69) is 48.6 Å². The lowest BCUT2D eigenvalue weighted by atomic mass is 9.98. The summed E-state index contributed by atoms with van der Waals surface area (Å²) in [5.74, 6) is 1.76. The molecule has 0 bridgehead atoms. The fraction of sp³-hybridized carbons (Fsp3) is 0.480. The Morgan fingerprint density at radius 3 is 1.59 bits per heavy atom. The Balaban J connectivity index is 0.000000178. The van der Waals surface area contributed by atoms with Crippen LogP contribution in [0.25, 0.3) is 11.3 Å². The number of hydrogen-bond acceptors (Lipinski definition) is 12. The van der Waals surface area contributed by atoms with Gasteiger partial charge >= 0.3 is 0 Å². The second-order valence-corrected chi connectivity index (χ2v) is 25.3. The van der Waals surface area contributed by atoms with Gasteiger partial charge in [-0.05, 0) is 126 Å². The van der Waals surface area contributed by atoms with Crippen LogP contribution in [0.15, 0.2) is 60.7 Å². The number of likely N-dealkylation sites (tertiary alicyclic amines) is 2.